The van der Waals surface area contributed by atoms with Crippen molar-refractivity contribution in [1.82, 2.24) is 0 Å². The van der Waals surface area contributed by atoms with E-state index in [9.17, 15) is 5.11 Å². The Morgan fingerprint density at radius 1 is 1.33 bits per heavy atom. The SMILES string of the molecule is Cc1cc(C)c(O)c(C=NCC2C=CC=C[N-]2)c1.[Cl][Fe+][Cl]. The summed E-state index contributed by atoms with van der Waals surface area (Å²) in [6.45, 7) is 4.50. The molecule has 2 rings (SSSR count). The van der Waals surface area contributed by atoms with E-state index in [1.54, 1.807) is 12.4 Å². The zero-order valence-electron chi connectivity index (χ0n) is 11.8. The fourth-order valence-corrected chi connectivity index (χ4v) is 1.91. The Kier molecular flexibility index (Phi) is 8.55. The normalized spacial score (nSPS) is 16.5. The minimum atomic E-state index is 0.110. The van der Waals surface area contributed by atoms with Crippen molar-refractivity contribution in [1.29, 1.82) is 0 Å². The summed E-state index contributed by atoms with van der Waals surface area (Å²) in [7, 11) is 9.53. The minimum absolute atomic E-state index is 0.110. The van der Waals surface area contributed by atoms with Gasteiger partial charge in [-0.2, -0.15) is 6.20 Å². The van der Waals surface area contributed by atoms with E-state index in [1.165, 1.54) is 0 Å². The Labute approximate surface area is 140 Å². The van der Waals surface area contributed by atoms with Crippen LogP contribution in [0.1, 0.15) is 16.7 Å². The third kappa shape index (κ3) is 6.58. The second-order valence-corrected chi connectivity index (χ2v) is 6.33. The summed E-state index contributed by atoms with van der Waals surface area (Å²) < 4.78 is 0. The molecule has 0 radical (unpaired) electrons. The first-order chi connectivity index (χ1) is 10.1. The Morgan fingerprint density at radius 3 is 2.67 bits per heavy atom. The van der Waals surface area contributed by atoms with Crippen LogP contribution in [0.3, 0.4) is 0 Å². The molecule has 1 aliphatic heterocycles. The molecule has 1 unspecified atom stereocenters. The van der Waals surface area contributed by atoms with E-state index in [2.05, 4.69) is 10.3 Å². The zero-order chi connectivity index (χ0) is 15.7. The van der Waals surface area contributed by atoms with E-state index in [0.717, 1.165) is 16.7 Å². The molecular formula is C15H17Cl2FeN2O. The molecule has 1 N–H and O–H groups in total. The molecule has 115 valence electrons. The summed E-state index contributed by atoms with van der Waals surface area (Å²) in [5, 5.41) is 14.2. The van der Waals surface area contributed by atoms with Crippen molar-refractivity contribution in [2.24, 2.45) is 4.99 Å². The Morgan fingerprint density at radius 2 is 2.05 bits per heavy atom. The maximum absolute atomic E-state index is 9.92. The average molecular weight is 368 g/mol. The van der Waals surface area contributed by atoms with Crippen LogP contribution in [-0.4, -0.2) is 23.9 Å². The molecular weight excluding hydrogens is 351 g/mol. The number of nitrogens with zero attached hydrogens (tertiary/aromatic N) is 2. The first-order valence-corrected chi connectivity index (χ1v) is 9.31. The molecule has 1 aliphatic rings. The van der Waals surface area contributed by atoms with E-state index in [0.29, 0.717) is 12.3 Å². The van der Waals surface area contributed by atoms with E-state index >= 15 is 0 Å². The number of phenolic OH excluding ortho intramolecular Hbond substituents is 1. The predicted molar refractivity (Wildman–Crippen MR) is 87.2 cm³/mol. The molecule has 0 fully saturated rings. The molecule has 3 nitrogen and oxygen atoms in total. The van der Waals surface area contributed by atoms with Crippen molar-refractivity contribution in [3.05, 3.63) is 58.6 Å². The van der Waals surface area contributed by atoms with Crippen LogP contribution in [0, 0.1) is 13.8 Å². The Balaban J connectivity index is 0.000000677. The van der Waals surface area contributed by atoms with Crippen LogP contribution in [0.2, 0.25) is 0 Å². The third-order valence-corrected chi connectivity index (χ3v) is 2.81. The number of allylic oxidation sites excluding steroid dienone is 2. The Hall–Kier alpha value is -0.931. The van der Waals surface area contributed by atoms with Crippen molar-refractivity contribution < 1.29 is 18.2 Å². The monoisotopic (exact) mass is 367 g/mol. The molecule has 0 aromatic heterocycles. The van der Waals surface area contributed by atoms with Gasteiger partial charge < -0.3 is 10.4 Å². The summed E-state index contributed by atoms with van der Waals surface area (Å²) in [4.78, 5) is 4.34. The molecule has 0 aliphatic carbocycles. The molecule has 21 heavy (non-hydrogen) atoms. The molecule has 1 atom stereocenters. The van der Waals surface area contributed by atoms with Gasteiger partial charge in [0, 0.05) is 18.3 Å². The summed E-state index contributed by atoms with van der Waals surface area (Å²) in [6, 6.07) is 4.00. The van der Waals surface area contributed by atoms with Gasteiger partial charge in [0.25, 0.3) is 0 Å². The first-order valence-electron chi connectivity index (χ1n) is 6.27. The van der Waals surface area contributed by atoms with Gasteiger partial charge in [-0.15, -0.1) is 0 Å². The van der Waals surface area contributed by atoms with Crippen molar-refractivity contribution in [2.75, 3.05) is 6.54 Å². The number of hydrogen-bond donors (Lipinski definition) is 1. The van der Waals surface area contributed by atoms with Crippen LogP contribution in [0.15, 0.2) is 41.6 Å². The molecule has 0 amide bonds. The van der Waals surface area contributed by atoms with Crippen molar-refractivity contribution >= 4 is 26.4 Å². The Bertz CT molecular complexity index is 545. The molecule has 1 heterocycles. The second kappa shape index (κ2) is 9.91. The summed E-state index contributed by atoms with van der Waals surface area (Å²) >= 11 is 0.194. The van der Waals surface area contributed by atoms with Crippen LogP contribution in [0.25, 0.3) is 5.32 Å². The van der Waals surface area contributed by atoms with E-state index in [-0.39, 0.29) is 19.2 Å². The summed E-state index contributed by atoms with van der Waals surface area (Å²) in [5.41, 5.74) is 2.77. The fourth-order valence-electron chi connectivity index (χ4n) is 1.91. The van der Waals surface area contributed by atoms with Crippen molar-refractivity contribution in [2.45, 2.75) is 19.9 Å². The van der Waals surface area contributed by atoms with Gasteiger partial charge in [0.05, 0.1) is 0 Å². The number of halogens is 2. The maximum atomic E-state index is 9.92. The van der Waals surface area contributed by atoms with E-state index in [1.807, 2.05) is 44.2 Å². The number of aliphatic imine (C=N–C) groups is 1. The van der Waals surface area contributed by atoms with Crippen LogP contribution in [0.5, 0.6) is 5.75 Å². The number of benzene rings is 1. The zero-order valence-corrected chi connectivity index (χ0v) is 14.4. The van der Waals surface area contributed by atoms with Gasteiger partial charge in [-0.25, -0.2) is 0 Å². The van der Waals surface area contributed by atoms with Crippen LogP contribution in [-0.2, 0) is 13.1 Å². The van der Waals surface area contributed by atoms with Crippen LogP contribution in [0.4, 0.5) is 0 Å². The summed E-state index contributed by atoms with van der Waals surface area (Å²) in [6.07, 6.45) is 9.39. The summed E-state index contributed by atoms with van der Waals surface area (Å²) in [5.74, 6) is 0.306. The van der Waals surface area contributed by atoms with Gasteiger partial charge in [0.1, 0.15) is 5.75 Å². The number of rotatable bonds is 3. The number of phenols is 1. The molecule has 0 bridgehead atoms. The van der Waals surface area contributed by atoms with Gasteiger partial charge in [-0.05, 0) is 31.0 Å². The molecule has 1 aromatic carbocycles. The van der Waals surface area contributed by atoms with Gasteiger partial charge in [0.2, 0.25) is 0 Å². The molecule has 0 spiro atoms. The standard InChI is InChI=1S/C15H17N2O.2ClH.Fe/c1-11-7-12(2)15(18)13(8-11)9-16-10-14-5-3-4-6-17-14;;;/h3-9,14H,10H2,1-2H3,(H,16,18);2*1H;/q-1;;;+3/p-2. The number of hydrogen-bond acceptors (Lipinski definition) is 2. The van der Waals surface area contributed by atoms with Gasteiger partial charge in [-0.1, -0.05) is 30.3 Å². The van der Waals surface area contributed by atoms with Gasteiger partial charge >= 0.3 is 33.3 Å². The molecule has 0 saturated carbocycles. The third-order valence-electron chi connectivity index (χ3n) is 2.81. The quantitative estimate of drug-likeness (QED) is 0.614. The number of aromatic hydroxyl groups is 1. The average Bonchev–Trinajstić information content (AvgIpc) is 2.46. The topological polar surface area (TPSA) is 46.7 Å². The predicted octanol–water partition coefficient (Wildman–Crippen LogP) is 4.63. The van der Waals surface area contributed by atoms with Gasteiger partial charge in [0.15, 0.2) is 0 Å². The number of aryl methyl sites for hydroxylation is 2. The van der Waals surface area contributed by atoms with Crippen LogP contribution >= 0.6 is 20.2 Å². The first kappa shape index (κ1) is 18.1. The molecule has 1 aromatic rings. The second-order valence-electron chi connectivity index (χ2n) is 4.51. The van der Waals surface area contributed by atoms with Crippen molar-refractivity contribution in [3.8, 4) is 5.75 Å². The molecule has 0 saturated heterocycles. The van der Waals surface area contributed by atoms with E-state index in [4.69, 9.17) is 20.2 Å². The molecule has 6 heteroatoms. The van der Waals surface area contributed by atoms with Crippen molar-refractivity contribution in [3.63, 3.8) is 0 Å². The van der Waals surface area contributed by atoms with Crippen LogP contribution < -0.4 is 0 Å². The van der Waals surface area contributed by atoms with Gasteiger partial charge in [-0.3, -0.25) is 4.99 Å². The van der Waals surface area contributed by atoms with E-state index < -0.39 is 0 Å². The fraction of sp³-hybridized carbons (Fsp3) is 0.267.